The molecule has 1 N–H and O–H groups in total. The Balaban J connectivity index is 1.86. The molecule has 2 rings (SSSR count). The summed E-state index contributed by atoms with van der Waals surface area (Å²) in [5.41, 5.74) is 1.48. The molecular formula is C14H16BrN3O2S. The van der Waals surface area contributed by atoms with E-state index in [1.54, 1.807) is 13.2 Å². The number of aryl methyl sites for hydroxylation is 1. The second-order valence-electron chi connectivity index (χ2n) is 4.50. The number of benzene rings is 1. The number of halogens is 1. The number of hydrogen-bond donors (Lipinski definition) is 1. The predicted octanol–water partition coefficient (Wildman–Crippen LogP) is 1.90. The number of aromatic nitrogens is 2. The molecule has 1 atom stereocenters. The van der Waals surface area contributed by atoms with Crippen molar-refractivity contribution >= 4 is 32.4 Å². The summed E-state index contributed by atoms with van der Waals surface area (Å²) >= 11 is 3.24. The first-order valence-electron chi connectivity index (χ1n) is 6.42. The molecule has 2 aromatic rings. The average Bonchev–Trinajstić information content (AvgIpc) is 2.48. The van der Waals surface area contributed by atoms with Gasteiger partial charge in [0.2, 0.25) is 0 Å². The van der Waals surface area contributed by atoms with Gasteiger partial charge in [-0.25, -0.2) is 4.68 Å². The molecule has 0 aliphatic carbocycles. The highest BCUT2D eigenvalue weighted by Gasteiger charge is 2.07. The monoisotopic (exact) mass is 369 g/mol. The highest BCUT2D eigenvalue weighted by atomic mass is 79.9. The van der Waals surface area contributed by atoms with Gasteiger partial charge >= 0.3 is 0 Å². The van der Waals surface area contributed by atoms with Crippen LogP contribution in [-0.2, 0) is 23.6 Å². The molecule has 5 nitrogen and oxygen atoms in total. The van der Waals surface area contributed by atoms with Gasteiger partial charge in [0.1, 0.15) is 4.47 Å². The van der Waals surface area contributed by atoms with E-state index in [9.17, 15) is 9.00 Å². The first-order valence-corrected chi connectivity index (χ1v) is 8.70. The highest BCUT2D eigenvalue weighted by Crippen LogP contribution is 2.15. The van der Waals surface area contributed by atoms with Crippen molar-refractivity contribution in [3.63, 3.8) is 0 Å². The fraction of sp³-hybridized carbons (Fsp3) is 0.286. The normalized spacial score (nSPS) is 12.1. The van der Waals surface area contributed by atoms with Crippen molar-refractivity contribution < 1.29 is 4.21 Å². The molecule has 0 fully saturated rings. The van der Waals surface area contributed by atoms with Gasteiger partial charge in [-0.15, -0.1) is 0 Å². The van der Waals surface area contributed by atoms with Gasteiger partial charge in [-0.05, 0) is 21.5 Å². The first-order chi connectivity index (χ1) is 10.1. The fourth-order valence-electron chi connectivity index (χ4n) is 1.77. The van der Waals surface area contributed by atoms with E-state index in [0.29, 0.717) is 28.2 Å². The van der Waals surface area contributed by atoms with Gasteiger partial charge < -0.3 is 5.32 Å². The van der Waals surface area contributed by atoms with Crippen LogP contribution in [0.25, 0.3) is 0 Å². The Kier molecular flexibility index (Phi) is 5.69. The summed E-state index contributed by atoms with van der Waals surface area (Å²) in [5, 5.41) is 7.02. The molecule has 0 amide bonds. The van der Waals surface area contributed by atoms with E-state index in [0.717, 1.165) is 5.56 Å². The third-order valence-corrected chi connectivity index (χ3v) is 4.97. The Labute approximate surface area is 134 Å². The van der Waals surface area contributed by atoms with Crippen molar-refractivity contribution in [3.8, 4) is 0 Å². The third-order valence-electron chi connectivity index (χ3n) is 2.89. The summed E-state index contributed by atoms with van der Waals surface area (Å²) in [6.45, 7) is 0.521. The van der Waals surface area contributed by atoms with Crippen LogP contribution in [0, 0.1) is 0 Å². The Morgan fingerprint density at radius 1 is 1.33 bits per heavy atom. The van der Waals surface area contributed by atoms with Crippen LogP contribution < -0.4 is 10.9 Å². The van der Waals surface area contributed by atoms with Gasteiger partial charge in [-0.2, -0.15) is 5.10 Å². The molecule has 112 valence electrons. The molecule has 0 bridgehead atoms. The summed E-state index contributed by atoms with van der Waals surface area (Å²) in [5.74, 6) is 1.05. The van der Waals surface area contributed by atoms with E-state index in [2.05, 4.69) is 26.3 Å². The second-order valence-corrected chi connectivity index (χ2v) is 6.87. The van der Waals surface area contributed by atoms with Crippen LogP contribution in [0.5, 0.6) is 0 Å². The van der Waals surface area contributed by atoms with Gasteiger partial charge in [0, 0.05) is 35.9 Å². The predicted molar refractivity (Wildman–Crippen MR) is 88.8 cm³/mol. The van der Waals surface area contributed by atoms with Crippen LogP contribution in [0.3, 0.4) is 0 Å². The van der Waals surface area contributed by atoms with Crippen molar-refractivity contribution in [2.45, 2.75) is 5.75 Å². The van der Waals surface area contributed by atoms with Gasteiger partial charge in [0.25, 0.3) is 5.56 Å². The number of anilines is 1. The number of nitrogens with one attached hydrogen (secondary N) is 1. The quantitative estimate of drug-likeness (QED) is 0.844. The molecular weight excluding hydrogens is 354 g/mol. The number of rotatable bonds is 6. The fourth-order valence-corrected chi connectivity index (χ4v) is 3.30. The van der Waals surface area contributed by atoms with Crippen molar-refractivity contribution in [1.29, 1.82) is 0 Å². The van der Waals surface area contributed by atoms with Crippen LogP contribution in [0.15, 0.2) is 45.8 Å². The van der Waals surface area contributed by atoms with Crippen LogP contribution >= 0.6 is 15.9 Å². The molecule has 1 unspecified atom stereocenters. The summed E-state index contributed by atoms with van der Waals surface area (Å²) < 4.78 is 13.7. The molecule has 0 saturated heterocycles. The van der Waals surface area contributed by atoms with Crippen molar-refractivity contribution in [1.82, 2.24) is 9.78 Å². The van der Waals surface area contributed by atoms with Gasteiger partial charge in [0.15, 0.2) is 0 Å². The van der Waals surface area contributed by atoms with Crippen molar-refractivity contribution in [2.24, 2.45) is 7.05 Å². The SMILES string of the molecule is Cn1ncc(NCCS(=O)Cc2ccccc2)c(Br)c1=O. The van der Waals surface area contributed by atoms with E-state index in [-0.39, 0.29) is 5.56 Å². The van der Waals surface area contributed by atoms with Gasteiger partial charge in [-0.3, -0.25) is 9.00 Å². The molecule has 21 heavy (non-hydrogen) atoms. The minimum Gasteiger partial charge on any atom is -0.382 e. The van der Waals surface area contributed by atoms with Gasteiger partial charge in [-0.1, -0.05) is 30.3 Å². The maximum atomic E-state index is 12.0. The molecule has 1 aromatic carbocycles. The molecule has 1 heterocycles. The highest BCUT2D eigenvalue weighted by molar-refractivity contribution is 9.10. The van der Waals surface area contributed by atoms with Crippen molar-refractivity contribution in [2.75, 3.05) is 17.6 Å². The topological polar surface area (TPSA) is 64.0 Å². The smallest absolute Gasteiger partial charge is 0.282 e. The number of hydrogen-bond acceptors (Lipinski definition) is 4. The van der Waals surface area contributed by atoms with E-state index in [4.69, 9.17) is 0 Å². The molecule has 0 aliphatic rings. The molecule has 0 radical (unpaired) electrons. The van der Waals surface area contributed by atoms with Crippen LogP contribution in [0.4, 0.5) is 5.69 Å². The lowest BCUT2D eigenvalue weighted by atomic mass is 10.2. The largest absolute Gasteiger partial charge is 0.382 e. The lowest BCUT2D eigenvalue weighted by Crippen LogP contribution is -2.22. The van der Waals surface area contributed by atoms with E-state index in [1.807, 2.05) is 30.3 Å². The summed E-state index contributed by atoms with van der Waals surface area (Å²) in [4.78, 5) is 11.7. The maximum Gasteiger partial charge on any atom is 0.282 e. The first kappa shape index (κ1) is 15.9. The standard InChI is InChI=1S/C14H16BrN3O2S/c1-18-14(19)13(15)12(9-17-18)16-7-8-21(20)10-11-5-3-2-4-6-11/h2-6,9,16H,7-8,10H2,1H3. The molecule has 7 heteroatoms. The number of nitrogens with zero attached hydrogens (tertiary/aromatic N) is 2. The average molecular weight is 370 g/mol. The summed E-state index contributed by atoms with van der Waals surface area (Å²) in [6.07, 6.45) is 1.57. The zero-order chi connectivity index (χ0) is 15.2. The Morgan fingerprint density at radius 3 is 2.76 bits per heavy atom. The molecule has 0 aliphatic heterocycles. The van der Waals surface area contributed by atoms with Crippen LogP contribution in [0.2, 0.25) is 0 Å². The molecule has 0 spiro atoms. The van der Waals surface area contributed by atoms with E-state index < -0.39 is 10.8 Å². The lowest BCUT2D eigenvalue weighted by Gasteiger charge is -2.08. The third kappa shape index (κ3) is 4.50. The Morgan fingerprint density at radius 2 is 2.05 bits per heavy atom. The van der Waals surface area contributed by atoms with Gasteiger partial charge in [0.05, 0.1) is 11.9 Å². The minimum absolute atomic E-state index is 0.203. The Hall–Kier alpha value is -1.47. The molecule has 1 aromatic heterocycles. The summed E-state index contributed by atoms with van der Waals surface area (Å²) in [6, 6.07) is 9.74. The maximum absolute atomic E-state index is 12.0. The second kappa shape index (κ2) is 7.51. The zero-order valence-corrected chi connectivity index (χ0v) is 14.0. The zero-order valence-electron chi connectivity index (χ0n) is 11.6. The summed E-state index contributed by atoms with van der Waals surface area (Å²) in [7, 11) is 0.647. The van der Waals surface area contributed by atoms with E-state index in [1.165, 1.54) is 4.68 Å². The Bertz CT molecular complexity index is 688. The van der Waals surface area contributed by atoms with Crippen molar-refractivity contribution in [3.05, 3.63) is 56.9 Å². The van der Waals surface area contributed by atoms with Crippen LogP contribution in [-0.4, -0.2) is 26.3 Å². The lowest BCUT2D eigenvalue weighted by molar-refractivity contribution is 0.682. The minimum atomic E-state index is -0.943. The molecule has 0 saturated carbocycles. The van der Waals surface area contributed by atoms with Crippen LogP contribution in [0.1, 0.15) is 5.56 Å². The van der Waals surface area contributed by atoms with E-state index >= 15 is 0 Å².